The van der Waals surface area contributed by atoms with Crippen LogP contribution in [0.5, 0.6) is 11.5 Å². The van der Waals surface area contributed by atoms with Gasteiger partial charge in [0.2, 0.25) is 0 Å². The number of furan rings is 1. The molecule has 3 aromatic rings. The van der Waals surface area contributed by atoms with E-state index in [0.29, 0.717) is 38.6 Å². The number of hydrogen-bond acceptors (Lipinski definition) is 5. The highest BCUT2D eigenvalue weighted by atomic mass is 35.5. The molecule has 0 spiro atoms. The summed E-state index contributed by atoms with van der Waals surface area (Å²) in [5.74, 6) is 1.22. The smallest absolute Gasteiger partial charge is 0.293 e. The Balaban J connectivity index is 1.70. The summed E-state index contributed by atoms with van der Waals surface area (Å²) in [6.45, 7) is 0. The summed E-state index contributed by atoms with van der Waals surface area (Å²) < 4.78 is 16.1. The Kier molecular flexibility index (Phi) is 6.64. The molecule has 3 rings (SSSR count). The highest BCUT2D eigenvalue weighted by molar-refractivity contribution is 7.80. The Labute approximate surface area is 182 Å². The Morgan fingerprint density at radius 1 is 1.00 bits per heavy atom. The monoisotopic (exact) mass is 450 g/mol. The third-order valence-electron chi connectivity index (χ3n) is 3.92. The first-order chi connectivity index (χ1) is 13.9. The second-order valence-corrected chi connectivity index (χ2v) is 6.99. The van der Waals surface area contributed by atoms with Crippen LogP contribution in [0, 0.1) is 0 Å². The average molecular weight is 451 g/mol. The molecular formula is C20H16Cl2N2O4S. The van der Waals surface area contributed by atoms with Gasteiger partial charge in [-0.05, 0) is 54.7 Å². The van der Waals surface area contributed by atoms with Gasteiger partial charge >= 0.3 is 0 Å². The van der Waals surface area contributed by atoms with Gasteiger partial charge in [0.1, 0.15) is 17.3 Å². The van der Waals surface area contributed by atoms with E-state index < -0.39 is 5.91 Å². The standard InChI is InChI=1S/C20H16Cl2N2O4S/c1-26-12-4-6-17(27-2)15(10-12)23-20(29)24-19(25)18-8-7-16(28-18)11-3-5-13(21)14(22)9-11/h3-10H,1-2H3,(H2,23,24,25,29). The van der Waals surface area contributed by atoms with Gasteiger partial charge < -0.3 is 19.2 Å². The third-order valence-corrected chi connectivity index (χ3v) is 4.86. The number of carbonyl (C=O) groups is 1. The van der Waals surface area contributed by atoms with Crippen LogP contribution < -0.4 is 20.1 Å². The van der Waals surface area contributed by atoms with E-state index in [1.165, 1.54) is 7.11 Å². The predicted molar refractivity (Wildman–Crippen MR) is 117 cm³/mol. The molecule has 1 heterocycles. The summed E-state index contributed by atoms with van der Waals surface area (Å²) >= 11 is 17.2. The molecule has 0 saturated carbocycles. The third kappa shape index (κ3) is 5.00. The number of anilines is 1. The molecule has 0 radical (unpaired) electrons. The largest absolute Gasteiger partial charge is 0.497 e. The SMILES string of the molecule is COc1ccc(OC)c(NC(=S)NC(=O)c2ccc(-c3ccc(Cl)c(Cl)c3)o2)c1. The number of carbonyl (C=O) groups excluding carboxylic acids is 1. The van der Waals surface area contributed by atoms with Crippen molar-refractivity contribution in [2.75, 3.05) is 19.5 Å². The van der Waals surface area contributed by atoms with E-state index in [9.17, 15) is 4.79 Å². The minimum atomic E-state index is -0.504. The van der Waals surface area contributed by atoms with E-state index in [4.69, 9.17) is 49.3 Å². The van der Waals surface area contributed by atoms with Crippen molar-refractivity contribution < 1.29 is 18.7 Å². The summed E-state index contributed by atoms with van der Waals surface area (Å²) in [4.78, 5) is 12.5. The summed E-state index contributed by atoms with van der Waals surface area (Å²) in [5, 5.41) is 6.38. The summed E-state index contributed by atoms with van der Waals surface area (Å²) in [6.07, 6.45) is 0. The maximum Gasteiger partial charge on any atom is 0.293 e. The van der Waals surface area contributed by atoms with Crippen LogP contribution >= 0.6 is 35.4 Å². The highest BCUT2D eigenvalue weighted by Gasteiger charge is 2.15. The molecule has 0 aliphatic heterocycles. The maximum atomic E-state index is 12.5. The van der Waals surface area contributed by atoms with Crippen molar-refractivity contribution in [3.05, 3.63) is 64.3 Å². The van der Waals surface area contributed by atoms with E-state index in [1.807, 2.05) is 0 Å². The van der Waals surface area contributed by atoms with Crippen molar-refractivity contribution in [1.29, 1.82) is 0 Å². The second-order valence-electron chi connectivity index (χ2n) is 5.77. The molecule has 1 amide bonds. The number of amides is 1. The zero-order chi connectivity index (χ0) is 21.0. The molecule has 0 fully saturated rings. The van der Waals surface area contributed by atoms with Gasteiger partial charge in [0.15, 0.2) is 10.9 Å². The van der Waals surface area contributed by atoms with Crippen molar-refractivity contribution in [2.24, 2.45) is 0 Å². The molecule has 0 aliphatic rings. The zero-order valence-electron chi connectivity index (χ0n) is 15.4. The van der Waals surface area contributed by atoms with Gasteiger partial charge in [-0.1, -0.05) is 23.2 Å². The molecule has 0 atom stereocenters. The quantitative estimate of drug-likeness (QED) is 0.507. The van der Waals surface area contributed by atoms with Gasteiger partial charge in [0.05, 0.1) is 30.0 Å². The van der Waals surface area contributed by atoms with Crippen LogP contribution in [0.4, 0.5) is 5.69 Å². The molecule has 150 valence electrons. The highest BCUT2D eigenvalue weighted by Crippen LogP contribution is 2.30. The fourth-order valence-electron chi connectivity index (χ4n) is 2.49. The molecule has 2 aromatic carbocycles. The Bertz CT molecular complexity index is 1070. The minimum absolute atomic E-state index is 0.0778. The summed E-state index contributed by atoms with van der Waals surface area (Å²) in [7, 11) is 3.08. The fourth-order valence-corrected chi connectivity index (χ4v) is 3.00. The van der Waals surface area contributed by atoms with E-state index in [0.717, 1.165) is 0 Å². The van der Waals surface area contributed by atoms with Crippen LogP contribution in [0.2, 0.25) is 10.0 Å². The van der Waals surface area contributed by atoms with Crippen LogP contribution in [0.1, 0.15) is 10.6 Å². The van der Waals surface area contributed by atoms with E-state index in [1.54, 1.807) is 55.6 Å². The molecule has 1 aromatic heterocycles. The number of rotatable bonds is 5. The van der Waals surface area contributed by atoms with Gasteiger partial charge in [0.25, 0.3) is 5.91 Å². The summed E-state index contributed by atoms with van der Waals surface area (Å²) in [5.41, 5.74) is 1.24. The van der Waals surface area contributed by atoms with Crippen LogP contribution in [0.3, 0.4) is 0 Å². The number of benzene rings is 2. The lowest BCUT2D eigenvalue weighted by Gasteiger charge is -2.13. The van der Waals surface area contributed by atoms with Crippen molar-refractivity contribution >= 4 is 52.1 Å². The Hall–Kier alpha value is -2.74. The number of thiocarbonyl (C=S) groups is 1. The van der Waals surface area contributed by atoms with Crippen molar-refractivity contribution in [1.82, 2.24) is 5.32 Å². The number of methoxy groups -OCH3 is 2. The van der Waals surface area contributed by atoms with Crippen molar-refractivity contribution in [3.8, 4) is 22.8 Å². The first kappa shape index (κ1) is 21.0. The van der Waals surface area contributed by atoms with E-state index >= 15 is 0 Å². The molecule has 0 saturated heterocycles. The Morgan fingerprint density at radius 2 is 1.79 bits per heavy atom. The average Bonchev–Trinajstić information content (AvgIpc) is 3.20. The van der Waals surface area contributed by atoms with Crippen LogP contribution in [0.25, 0.3) is 11.3 Å². The maximum absolute atomic E-state index is 12.5. The van der Waals surface area contributed by atoms with Gasteiger partial charge in [0, 0.05) is 11.6 Å². The molecule has 9 heteroatoms. The molecule has 2 N–H and O–H groups in total. The Morgan fingerprint density at radius 3 is 2.48 bits per heavy atom. The number of hydrogen-bond donors (Lipinski definition) is 2. The molecular weight excluding hydrogens is 435 g/mol. The normalized spacial score (nSPS) is 10.3. The van der Waals surface area contributed by atoms with Gasteiger partial charge in [-0.2, -0.15) is 0 Å². The van der Waals surface area contributed by atoms with Crippen LogP contribution in [-0.2, 0) is 0 Å². The number of ether oxygens (including phenoxy) is 2. The van der Waals surface area contributed by atoms with E-state index in [-0.39, 0.29) is 10.9 Å². The first-order valence-electron chi connectivity index (χ1n) is 8.31. The predicted octanol–water partition coefficient (Wildman–Crippen LogP) is 5.40. The van der Waals surface area contributed by atoms with E-state index in [2.05, 4.69) is 10.6 Å². The van der Waals surface area contributed by atoms with Crippen LogP contribution in [0.15, 0.2) is 52.9 Å². The fraction of sp³-hybridized carbons (Fsp3) is 0.100. The molecule has 0 aliphatic carbocycles. The van der Waals surface area contributed by atoms with Gasteiger partial charge in [-0.3, -0.25) is 10.1 Å². The minimum Gasteiger partial charge on any atom is -0.497 e. The number of halogens is 2. The lowest BCUT2D eigenvalue weighted by Crippen LogP contribution is -2.34. The zero-order valence-corrected chi connectivity index (χ0v) is 17.7. The van der Waals surface area contributed by atoms with Gasteiger partial charge in [-0.15, -0.1) is 0 Å². The molecule has 6 nitrogen and oxygen atoms in total. The second kappa shape index (κ2) is 9.17. The molecule has 0 bridgehead atoms. The molecule has 29 heavy (non-hydrogen) atoms. The lowest BCUT2D eigenvalue weighted by atomic mass is 10.2. The topological polar surface area (TPSA) is 72.7 Å². The van der Waals surface area contributed by atoms with Crippen molar-refractivity contribution in [2.45, 2.75) is 0 Å². The molecule has 0 unspecified atom stereocenters. The lowest BCUT2D eigenvalue weighted by molar-refractivity contribution is 0.0951. The van der Waals surface area contributed by atoms with Crippen molar-refractivity contribution in [3.63, 3.8) is 0 Å². The number of nitrogens with one attached hydrogen (secondary N) is 2. The summed E-state index contributed by atoms with van der Waals surface area (Å²) in [6, 6.07) is 13.4. The first-order valence-corrected chi connectivity index (χ1v) is 9.47. The van der Waals surface area contributed by atoms with Gasteiger partial charge in [-0.25, -0.2) is 0 Å². The van der Waals surface area contributed by atoms with Crippen LogP contribution in [-0.4, -0.2) is 25.2 Å².